The number of nitrogens with one attached hydrogen (secondary N) is 2. The normalized spacial score (nSPS) is 20.3. The second-order valence-electron chi connectivity index (χ2n) is 11.7. The van der Waals surface area contributed by atoms with Crippen LogP contribution < -0.4 is 19.7 Å². The molecule has 4 heterocycles. The van der Waals surface area contributed by atoms with Gasteiger partial charge in [0.05, 0.1) is 16.7 Å². The minimum absolute atomic E-state index is 0.0158. The molecule has 0 unspecified atom stereocenters. The highest BCUT2D eigenvalue weighted by Gasteiger charge is 2.47. The maximum absolute atomic E-state index is 14.0. The van der Waals surface area contributed by atoms with E-state index in [0.717, 1.165) is 74.1 Å². The van der Waals surface area contributed by atoms with Gasteiger partial charge in [-0.1, -0.05) is 17.7 Å². The van der Waals surface area contributed by atoms with E-state index in [2.05, 4.69) is 32.4 Å². The molecule has 4 aromatic rings. The summed E-state index contributed by atoms with van der Waals surface area (Å²) in [6, 6.07) is 6.09. The first-order valence-electron chi connectivity index (χ1n) is 14.6. The molecule has 0 amide bonds. The summed E-state index contributed by atoms with van der Waals surface area (Å²) in [5, 5.41) is 12.7. The molecule has 0 radical (unpaired) electrons. The number of rotatable bonds is 6. The van der Waals surface area contributed by atoms with Crippen LogP contribution in [-0.4, -0.2) is 89.5 Å². The Morgan fingerprint density at radius 2 is 1.74 bits per heavy atom. The number of piperazine rings is 1. The molecule has 3 fully saturated rings. The second-order valence-corrected chi connectivity index (χ2v) is 12.1. The third-order valence-electron chi connectivity index (χ3n) is 8.63. The van der Waals surface area contributed by atoms with E-state index < -0.39 is 12.0 Å². The van der Waals surface area contributed by atoms with Gasteiger partial charge >= 0.3 is 6.01 Å². The lowest BCUT2D eigenvalue weighted by Crippen LogP contribution is -2.44. The fourth-order valence-electron chi connectivity index (χ4n) is 6.25. The molecule has 2 aromatic carbocycles. The number of piperidine rings is 1. The lowest BCUT2D eigenvalue weighted by Gasteiger charge is -2.36. The van der Waals surface area contributed by atoms with Crippen molar-refractivity contribution >= 4 is 39.2 Å². The molecule has 0 bridgehead atoms. The van der Waals surface area contributed by atoms with Crippen LogP contribution in [0.5, 0.6) is 11.8 Å². The standard InChI is InChI=1S/C30H34ClF2N7O2/c1-17-3-4-23-21(16-35-38-23)24(17)25-22(31)13-20-26(27(25)41-19-14-30(32,33)15-19)36-29(42-18-5-9-39(2)10-6-18)37-28(20)40-11-7-34-8-12-40/h3-4,13,16,18-19,34H,5-12,14-15H2,1-2H3,(H,35,38). The number of anilines is 1. The summed E-state index contributed by atoms with van der Waals surface area (Å²) in [6.07, 6.45) is 2.09. The molecule has 0 spiro atoms. The summed E-state index contributed by atoms with van der Waals surface area (Å²) in [5.74, 6) is -1.66. The molecule has 0 atom stereocenters. The van der Waals surface area contributed by atoms with Gasteiger partial charge in [0, 0.05) is 74.0 Å². The molecular weight excluding hydrogens is 564 g/mol. The number of ether oxygens (including phenoxy) is 2. The van der Waals surface area contributed by atoms with Crippen molar-refractivity contribution in [2.24, 2.45) is 0 Å². The van der Waals surface area contributed by atoms with Crippen molar-refractivity contribution in [3.63, 3.8) is 0 Å². The van der Waals surface area contributed by atoms with Crippen molar-refractivity contribution in [1.29, 1.82) is 0 Å². The number of benzene rings is 2. The minimum Gasteiger partial charge on any atom is -0.487 e. The van der Waals surface area contributed by atoms with E-state index in [1.807, 2.05) is 25.1 Å². The van der Waals surface area contributed by atoms with E-state index in [4.69, 9.17) is 31.0 Å². The van der Waals surface area contributed by atoms with Crippen LogP contribution in [0.4, 0.5) is 14.6 Å². The predicted octanol–water partition coefficient (Wildman–Crippen LogP) is 5.19. The maximum Gasteiger partial charge on any atom is 0.319 e. The van der Waals surface area contributed by atoms with E-state index in [-0.39, 0.29) is 25.0 Å². The SMILES string of the molecule is Cc1ccc2[nH]ncc2c1-c1c(Cl)cc2c(N3CCNCC3)nc(OC3CCN(C)CC3)nc2c1OC1CC(F)(F)C1. The smallest absolute Gasteiger partial charge is 0.319 e. The Hall–Kier alpha value is -3.28. The quantitative estimate of drug-likeness (QED) is 0.314. The fraction of sp³-hybridized carbons (Fsp3) is 0.500. The van der Waals surface area contributed by atoms with Crippen molar-refractivity contribution in [2.75, 3.05) is 51.2 Å². The number of H-pyrrole nitrogens is 1. The number of halogens is 3. The zero-order chi connectivity index (χ0) is 29.0. The molecule has 1 aliphatic carbocycles. The second kappa shape index (κ2) is 10.8. The first-order chi connectivity index (χ1) is 20.3. The molecular formula is C30H34ClF2N7O2. The summed E-state index contributed by atoms with van der Waals surface area (Å²) in [6.45, 7) is 6.97. The number of hydrogen-bond acceptors (Lipinski definition) is 8. The maximum atomic E-state index is 14.0. The van der Waals surface area contributed by atoms with Crippen LogP contribution >= 0.6 is 11.6 Å². The molecule has 3 aliphatic rings. The third kappa shape index (κ3) is 5.11. The molecule has 1 saturated carbocycles. The number of hydrogen-bond donors (Lipinski definition) is 2. The van der Waals surface area contributed by atoms with E-state index >= 15 is 0 Å². The Morgan fingerprint density at radius 1 is 0.976 bits per heavy atom. The first kappa shape index (κ1) is 27.5. The van der Waals surface area contributed by atoms with Crippen LogP contribution in [0, 0.1) is 6.92 Å². The van der Waals surface area contributed by atoms with Gasteiger partial charge in [-0.3, -0.25) is 5.10 Å². The van der Waals surface area contributed by atoms with Gasteiger partial charge < -0.3 is 24.6 Å². The number of aryl methyl sites for hydroxylation is 1. The van der Waals surface area contributed by atoms with Crippen molar-refractivity contribution in [3.8, 4) is 22.9 Å². The number of nitrogens with zero attached hydrogens (tertiary/aromatic N) is 5. The van der Waals surface area contributed by atoms with E-state index in [1.165, 1.54) is 0 Å². The van der Waals surface area contributed by atoms with Crippen molar-refractivity contribution in [2.45, 2.75) is 50.7 Å². The van der Waals surface area contributed by atoms with Crippen LogP contribution in [-0.2, 0) is 0 Å². The monoisotopic (exact) mass is 597 g/mol. The number of aromatic amines is 1. The van der Waals surface area contributed by atoms with Crippen LogP contribution in [0.2, 0.25) is 5.02 Å². The average molecular weight is 598 g/mol. The molecule has 9 nitrogen and oxygen atoms in total. The van der Waals surface area contributed by atoms with Gasteiger partial charge in [0.15, 0.2) is 5.75 Å². The van der Waals surface area contributed by atoms with Crippen LogP contribution in [0.15, 0.2) is 24.4 Å². The Bertz CT molecular complexity index is 1630. The highest BCUT2D eigenvalue weighted by atomic mass is 35.5. The molecule has 12 heteroatoms. The average Bonchev–Trinajstić information content (AvgIpc) is 3.43. The minimum atomic E-state index is -2.75. The lowest BCUT2D eigenvalue weighted by molar-refractivity contribution is -0.134. The third-order valence-corrected chi connectivity index (χ3v) is 8.93. The Morgan fingerprint density at radius 3 is 2.48 bits per heavy atom. The Balaban J connectivity index is 1.44. The number of fused-ring (bicyclic) bond motifs is 2. The van der Waals surface area contributed by atoms with Gasteiger partial charge in [0.2, 0.25) is 0 Å². The number of aromatic nitrogens is 4. The van der Waals surface area contributed by atoms with Crippen LogP contribution in [0.1, 0.15) is 31.2 Å². The largest absolute Gasteiger partial charge is 0.487 e. The van der Waals surface area contributed by atoms with Crippen LogP contribution in [0.3, 0.4) is 0 Å². The van der Waals surface area contributed by atoms with E-state index in [0.29, 0.717) is 33.1 Å². The molecule has 2 aliphatic heterocycles. The lowest BCUT2D eigenvalue weighted by atomic mass is 9.90. The highest BCUT2D eigenvalue weighted by molar-refractivity contribution is 6.35. The van der Waals surface area contributed by atoms with Gasteiger partial charge in [0.25, 0.3) is 5.92 Å². The van der Waals surface area contributed by atoms with Crippen LogP contribution in [0.25, 0.3) is 32.9 Å². The zero-order valence-corrected chi connectivity index (χ0v) is 24.5. The Labute approximate surface area is 247 Å². The molecule has 42 heavy (non-hydrogen) atoms. The first-order valence-corrected chi connectivity index (χ1v) is 15.0. The van der Waals surface area contributed by atoms with Crippen molar-refractivity contribution in [3.05, 3.63) is 35.0 Å². The fourth-order valence-corrected chi connectivity index (χ4v) is 6.54. The van der Waals surface area contributed by atoms with Crippen molar-refractivity contribution < 1.29 is 18.3 Å². The highest BCUT2D eigenvalue weighted by Crippen LogP contribution is 2.50. The molecule has 2 aromatic heterocycles. The molecule has 7 rings (SSSR count). The van der Waals surface area contributed by atoms with E-state index in [9.17, 15) is 8.78 Å². The number of alkyl halides is 2. The number of likely N-dealkylation sites (tertiary alicyclic amines) is 1. The summed E-state index contributed by atoms with van der Waals surface area (Å²) >= 11 is 7.12. The van der Waals surface area contributed by atoms with Gasteiger partial charge in [-0.2, -0.15) is 15.1 Å². The topological polar surface area (TPSA) is 91.4 Å². The summed E-state index contributed by atoms with van der Waals surface area (Å²) in [7, 11) is 2.10. The van der Waals surface area contributed by atoms with Gasteiger partial charge in [0.1, 0.15) is 23.5 Å². The van der Waals surface area contributed by atoms with Gasteiger partial charge in [-0.25, -0.2) is 8.78 Å². The molecule has 2 saturated heterocycles. The molecule has 222 valence electrons. The predicted molar refractivity (Wildman–Crippen MR) is 159 cm³/mol. The van der Waals surface area contributed by atoms with Gasteiger partial charge in [-0.15, -0.1) is 0 Å². The zero-order valence-electron chi connectivity index (χ0n) is 23.7. The summed E-state index contributed by atoms with van der Waals surface area (Å²) in [5.41, 5.74) is 3.74. The summed E-state index contributed by atoms with van der Waals surface area (Å²) < 4.78 is 40.9. The molecule has 2 N–H and O–H groups in total. The van der Waals surface area contributed by atoms with Gasteiger partial charge in [-0.05, 0) is 44.5 Å². The van der Waals surface area contributed by atoms with E-state index in [1.54, 1.807) is 6.20 Å². The summed E-state index contributed by atoms with van der Waals surface area (Å²) in [4.78, 5) is 14.3. The Kier molecular flexibility index (Phi) is 7.06. The van der Waals surface area contributed by atoms with Crippen molar-refractivity contribution in [1.82, 2.24) is 30.4 Å².